The first-order chi connectivity index (χ1) is 8.63. The Bertz CT molecular complexity index is 245. The fraction of sp³-hybridized carbons (Fsp3) is 0.929. The van der Waals surface area contributed by atoms with Crippen LogP contribution in [0.25, 0.3) is 0 Å². The molecule has 0 bridgehead atoms. The molecule has 0 aliphatic carbocycles. The summed E-state index contributed by atoms with van der Waals surface area (Å²) in [7, 11) is 0. The summed E-state index contributed by atoms with van der Waals surface area (Å²) in [6.45, 7) is 11.3. The quantitative estimate of drug-likeness (QED) is 0.720. The Morgan fingerprint density at radius 2 is 1.56 bits per heavy atom. The van der Waals surface area contributed by atoms with Gasteiger partial charge in [-0.2, -0.15) is 0 Å². The van der Waals surface area contributed by atoms with Gasteiger partial charge in [0.1, 0.15) is 0 Å². The molecule has 1 heterocycles. The fourth-order valence-electron chi connectivity index (χ4n) is 3.00. The maximum absolute atomic E-state index is 5.88. The third-order valence-corrected chi connectivity index (χ3v) is 4.41. The van der Waals surface area contributed by atoms with Crippen LogP contribution in [-0.2, 0) is 0 Å². The van der Waals surface area contributed by atoms with Crippen molar-refractivity contribution in [2.45, 2.75) is 58.5 Å². The second-order valence-corrected chi connectivity index (χ2v) is 5.72. The molecule has 2 N–H and O–H groups in total. The zero-order chi connectivity index (χ0) is 13.5. The monoisotopic (exact) mass is 271 g/mol. The lowest BCUT2D eigenvalue weighted by Gasteiger charge is -2.41. The van der Waals surface area contributed by atoms with Crippen LogP contribution >= 0.6 is 12.2 Å². The molecule has 1 unspecified atom stereocenters. The molecule has 1 fully saturated rings. The van der Waals surface area contributed by atoms with Crippen LogP contribution in [-0.4, -0.2) is 53.1 Å². The van der Waals surface area contributed by atoms with E-state index in [9.17, 15) is 0 Å². The Labute approximate surface area is 118 Å². The largest absolute Gasteiger partial charge is 0.392 e. The summed E-state index contributed by atoms with van der Waals surface area (Å²) in [4.78, 5) is 5.77. The molecule has 0 saturated carbocycles. The molecule has 0 spiro atoms. The van der Waals surface area contributed by atoms with Crippen LogP contribution < -0.4 is 5.73 Å². The molecule has 0 aromatic heterocycles. The lowest BCUT2D eigenvalue weighted by Crippen LogP contribution is -2.55. The number of thiocarbonyl (C=S) groups is 1. The van der Waals surface area contributed by atoms with Crippen molar-refractivity contribution in [3.05, 3.63) is 0 Å². The third-order valence-electron chi connectivity index (χ3n) is 4.14. The van der Waals surface area contributed by atoms with E-state index in [0.717, 1.165) is 45.1 Å². The summed E-state index contributed by atoms with van der Waals surface area (Å²) in [6.07, 6.45) is 4.75. The Hall–Kier alpha value is -0.190. The molecule has 1 aliphatic rings. The number of nitrogens with two attached hydrogens (primary N) is 1. The third kappa shape index (κ3) is 4.18. The van der Waals surface area contributed by atoms with E-state index in [1.807, 2.05) is 0 Å². The van der Waals surface area contributed by atoms with E-state index in [0.29, 0.717) is 11.0 Å². The summed E-state index contributed by atoms with van der Waals surface area (Å²) in [5.41, 5.74) is 5.88. The fourth-order valence-corrected chi connectivity index (χ4v) is 3.26. The minimum atomic E-state index is 0.314. The van der Waals surface area contributed by atoms with Gasteiger partial charge in [-0.05, 0) is 19.3 Å². The van der Waals surface area contributed by atoms with Gasteiger partial charge in [0.2, 0.25) is 0 Å². The van der Waals surface area contributed by atoms with Crippen molar-refractivity contribution < 1.29 is 0 Å². The van der Waals surface area contributed by atoms with Crippen molar-refractivity contribution in [1.29, 1.82) is 0 Å². The van der Waals surface area contributed by atoms with Crippen LogP contribution in [0.15, 0.2) is 0 Å². The molecule has 0 aromatic carbocycles. The minimum absolute atomic E-state index is 0.314. The first-order valence-corrected chi connectivity index (χ1v) is 7.82. The van der Waals surface area contributed by atoms with E-state index >= 15 is 0 Å². The van der Waals surface area contributed by atoms with Crippen LogP contribution in [0.1, 0.15) is 46.5 Å². The highest BCUT2D eigenvalue weighted by Gasteiger charge is 2.27. The zero-order valence-corrected chi connectivity index (χ0v) is 13.0. The number of nitrogens with zero attached hydrogens (tertiary/aromatic N) is 2. The van der Waals surface area contributed by atoms with Gasteiger partial charge < -0.3 is 5.73 Å². The van der Waals surface area contributed by atoms with Crippen molar-refractivity contribution in [2.24, 2.45) is 5.73 Å². The van der Waals surface area contributed by atoms with Crippen molar-refractivity contribution >= 4 is 17.2 Å². The lowest BCUT2D eigenvalue weighted by molar-refractivity contribution is 0.0798. The molecule has 0 amide bonds. The van der Waals surface area contributed by atoms with Crippen molar-refractivity contribution in [3.8, 4) is 0 Å². The number of piperazine rings is 1. The van der Waals surface area contributed by atoms with Gasteiger partial charge in [-0.25, -0.2) is 0 Å². The summed E-state index contributed by atoms with van der Waals surface area (Å²) < 4.78 is 0. The van der Waals surface area contributed by atoms with E-state index in [2.05, 4.69) is 30.6 Å². The van der Waals surface area contributed by atoms with Crippen LogP contribution in [0.2, 0.25) is 0 Å². The van der Waals surface area contributed by atoms with Crippen LogP contribution in [0.4, 0.5) is 0 Å². The number of hydrogen-bond acceptors (Lipinski definition) is 3. The molecule has 1 atom stereocenters. The average Bonchev–Trinajstić information content (AvgIpc) is 2.38. The molecule has 1 saturated heterocycles. The molecule has 18 heavy (non-hydrogen) atoms. The smallest absolute Gasteiger partial charge is 0.0902 e. The summed E-state index contributed by atoms with van der Waals surface area (Å²) in [5.74, 6) is 0. The highest BCUT2D eigenvalue weighted by Crippen LogP contribution is 2.16. The van der Waals surface area contributed by atoms with Crippen LogP contribution in [0.3, 0.4) is 0 Å². The van der Waals surface area contributed by atoms with Gasteiger partial charge in [-0.15, -0.1) is 0 Å². The molecule has 3 nitrogen and oxygen atoms in total. The van der Waals surface area contributed by atoms with Gasteiger partial charge in [0.25, 0.3) is 0 Å². The Kier molecular flexibility index (Phi) is 7.12. The van der Waals surface area contributed by atoms with E-state index < -0.39 is 0 Å². The maximum atomic E-state index is 5.88. The van der Waals surface area contributed by atoms with Gasteiger partial charge in [0, 0.05) is 32.2 Å². The topological polar surface area (TPSA) is 32.5 Å². The SMILES string of the molecule is CCCC(C(N)=S)N1CCN(C(CC)CC)CC1. The summed E-state index contributed by atoms with van der Waals surface area (Å²) in [5, 5.41) is 0. The maximum Gasteiger partial charge on any atom is 0.0902 e. The summed E-state index contributed by atoms with van der Waals surface area (Å²) >= 11 is 5.21. The van der Waals surface area contributed by atoms with Gasteiger partial charge >= 0.3 is 0 Å². The van der Waals surface area contributed by atoms with Crippen molar-refractivity contribution in [2.75, 3.05) is 26.2 Å². The molecule has 1 aliphatic heterocycles. The molecule has 0 radical (unpaired) electrons. The van der Waals surface area contributed by atoms with E-state index in [1.54, 1.807) is 0 Å². The Morgan fingerprint density at radius 3 is 1.94 bits per heavy atom. The van der Waals surface area contributed by atoms with E-state index in [1.165, 1.54) is 12.8 Å². The number of hydrogen-bond donors (Lipinski definition) is 1. The predicted molar refractivity (Wildman–Crippen MR) is 83.0 cm³/mol. The van der Waals surface area contributed by atoms with Crippen molar-refractivity contribution in [1.82, 2.24) is 9.80 Å². The second kappa shape index (κ2) is 8.08. The second-order valence-electron chi connectivity index (χ2n) is 5.25. The number of rotatable bonds is 7. The van der Waals surface area contributed by atoms with Crippen molar-refractivity contribution in [3.63, 3.8) is 0 Å². The first-order valence-electron chi connectivity index (χ1n) is 7.41. The van der Waals surface area contributed by atoms with Crippen LogP contribution in [0, 0.1) is 0 Å². The van der Waals surface area contributed by atoms with Gasteiger partial charge in [0.05, 0.1) is 11.0 Å². The Morgan fingerprint density at radius 1 is 1.06 bits per heavy atom. The molecular formula is C14H29N3S. The first kappa shape index (κ1) is 15.9. The normalized spacial score (nSPS) is 20.2. The zero-order valence-electron chi connectivity index (χ0n) is 12.2. The van der Waals surface area contributed by atoms with Gasteiger partial charge in [-0.3, -0.25) is 9.80 Å². The molecule has 0 aromatic rings. The molecule has 4 heteroatoms. The average molecular weight is 271 g/mol. The summed E-state index contributed by atoms with van der Waals surface area (Å²) in [6, 6.07) is 1.07. The molecular weight excluding hydrogens is 242 g/mol. The highest BCUT2D eigenvalue weighted by atomic mass is 32.1. The predicted octanol–water partition coefficient (Wildman–Crippen LogP) is 2.25. The standard InChI is InChI=1S/C14H29N3S/c1-4-7-13(14(15)18)17-10-8-16(9-11-17)12(5-2)6-3/h12-13H,4-11H2,1-3H3,(H2,15,18). The Balaban J connectivity index is 2.49. The van der Waals surface area contributed by atoms with E-state index in [-0.39, 0.29) is 0 Å². The minimum Gasteiger partial charge on any atom is -0.392 e. The van der Waals surface area contributed by atoms with Crippen LogP contribution in [0.5, 0.6) is 0 Å². The highest BCUT2D eigenvalue weighted by molar-refractivity contribution is 7.80. The van der Waals surface area contributed by atoms with E-state index in [4.69, 9.17) is 18.0 Å². The molecule has 106 valence electrons. The molecule has 1 rings (SSSR count). The van der Waals surface area contributed by atoms with Gasteiger partial charge in [-0.1, -0.05) is 39.4 Å². The van der Waals surface area contributed by atoms with Gasteiger partial charge in [0.15, 0.2) is 0 Å². The lowest BCUT2D eigenvalue weighted by atomic mass is 10.1.